The van der Waals surface area contributed by atoms with E-state index in [1.165, 1.54) is 18.5 Å². The molecule has 0 saturated carbocycles. The number of aliphatic hydroxyl groups excluding tert-OH is 2. The first-order valence-corrected chi connectivity index (χ1v) is 10.3. The first-order valence-electron chi connectivity index (χ1n) is 10.3. The molecule has 2 N–H and O–H groups in total. The molecule has 5 heteroatoms. The molecule has 0 bridgehead atoms. The Morgan fingerprint density at radius 1 is 1.38 bits per heavy atom. The number of carbonyl (C=O) groups is 1. The zero-order chi connectivity index (χ0) is 20.8. The number of carbonyl (C=O) groups excluding carboxylic acids is 1. The Kier molecular flexibility index (Phi) is 7.03. The molecule has 0 amide bonds. The predicted octanol–water partition coefficient (Wildman–Crippen LogP) is 3.83. The van der Waals surface area contributed by atoms with Crippen molar-refractivity contribution in [3.05, 3.63) is 47.5 Å². The first-order chi connectivity index (χ1) is 14.1. The molecule has 1 aliphatic rings. The Bertz CT molecular complexity index is 945. The summed E-state index contributed by atoms with van der Waals surface area (Å²) in [6.45, 7) is 2.88. The molecule has 0 spiro atoms. The van der Waals surface area contributed by atoms with E-state index in [4.69, 9.17) is 5.11 Å². The second kappa shape index (κ2) is 9.69. The zero-order valence-corrected chi connectivity index (χ0v) is 16.8. The maximum absolute atomic E-state index is 12.3. The summed E-state index contributed by atoms with van der Waals surface area (Å²) in [5, 5.41) is 30.0. The molecular weight excluding hydrogens is 364 g/mol. The van der Waals surface area contributed by atoms with E-state index in [2.05, 4.69) is 30.0 Å². The van der Waals surface area contributed by atoms with Crippen molar-refractivity contribution in [2.24, 2.45) is 0 Å². The van der Waals surface area contributed by atoms with E-state index in [1.807, 2.05) is 24.3 Å². The van der Waals surface area contributed by atoms with Gasteiger partial charge in [0.05, 0.1) is 18.3 Å². The van der Waals surface area contributed by atoms with Crippen molar-refractivity contribution in [2.75, 3.05) is 18.1 Å². The maximum Gasteiger partial charge on any atom is 0.173 e. The van der Waals surface area contributed by atoms with Gasteiger partial charge >= 0.3 is 0 Å². The van der Waals surface area contributed by atoms with Gasteiger partial charge in [-0.15, -0.1) is 0 Å². The third-order valence-electron chi connectivity index (χ3n) is 5.69. The maximum atomic E-state index is 12.3. The van der Waals surface area contributed by atoms with Crippen molar-refractivity contribution < 1.29 is 15.0 Å². The standard InChI is InChI=1S/C24H28N2O3/c1-2-20-6-4-12-26(20)23-7-3-5-18-9-8-17(14-22(18)23)13-19(15-25)24(29)11-10-21(28)16-27/h3,5,7-9,13-14,20-21,27-28H,2,4,6,10-12,16H2,1H3/b19-13+. The number of hydrogen-bond acceptors (Lipinski definition) is 5. The Labute approximate surface area is 171 Å². The van der Waals surface area contributed by atoms with Crippen molar-refractivity contribution in [1.82, 2.24) is 0 Å². The molecule has 1 fully saturated rings. The van der Waals surface area contributed by atoms with Crippen LogP contribution in [0.1, 0.15) is 44.6 Å². The lowest BCUT2D eigenvalue weighted by molar-refractivity contribution is -0.115. The Morgan fingerprint density at radius 3 is 2.93 bits per heavy atom. The van der Waals surface area contributed by atoms with Crippen molar-refractivity contribution in [3.8, 4) is 6.07 Å². The highest BCUT2D eigenvalue weighted by Gasteiger charge is 2.24. The largest absolute Gasteiger partial charge is 0.394 e. The van der Waals surface area contributed by atoms with E-state index in [0.717, 1.165) is 29.3 Å². The summed E-state index contributed by atoms with van der Waals surface area (Å²) in [6.07, 6.45) is 4.37. The number of Topliss-reactive ketones (excluding diaryl/α,β-unsaturated/α-hetero) is 1. The van der Waals surface area contributed by atoms with E-state index in [9.17, 15) is 15.2 Å². The minimum Gasteiger partial charge on any atom is -0.394 e. The molecule has 5 nitrogen and oxygen atoms in total. The quantitative estimate of drug-likeness (QED) is 0.527. The zero-order valence-electron chi connectivity index (χ0n) is 16.8. The lowest BCUT2D eigenvalue weighted by Gasteiger charge is -2.27. The molecule has 152 valence electrons. The van der Waals surface area contributed by atoms with Gasteiger partial charge in [0.25, 0.3) is 0 Å². The van der Waals surface area contributed by atoms with Crippen LogP contribution in [-0.2, 0) is 4.79 Å². The van der Waals surface area contributed by atoms with Crippen LogP contribution in [0.4, 0.5) is 5.69 Å². The van der Waals surface area contributed by atoms with E-state index >= 15 is 0 Å². The highest BCUT2D eigenvalue weighted by molar-refractivity contribution is 6.04. The Hall–Kier alpha value is -2.68. The van der Waals surface area contributed by atoms with Gasteiger partial charge < -0.3 is 15.1 Å². The van der Waals surface area contributed by atoms with Gasteiger partial charge in [0.2, 0.25) is 0 Å². The van der Waals surface area contributed by atoms with E-state index in [-0.39, 0.29) is 30.8 Å². The number of nitriles is 1. The predicted molar refractivity (Wildman–Crippen MR) is 116 cm³/mol. The van der Waals surface area contributed by atoms with Crippen molar-refractivity contribution in [3.63, 3.8) is 0 Å². The fraction of sp³-hybridized carbons (Fsp3) is 0.417. The highest BCUT2D eigenvalue weighted by atomic mass is 16.3. The smallest absolute Gasteiger partial charge is 0.173 e. The van der Waals surface area contributed by atoms with Crippen LogP contribution in [0.25, 0.3) is 16.8 Å². The summed E-state index contributed by atoms with van der Waals surface area (Å²) >= 11 is 0. The number of aliphatic hydroxyl groups is 2. The van der Waals surface area contributed by atoms with Crippen LogP contribution in [0.15, 0.2) is 42.0 Å². The van der Waals surface area contributed by atoms with E-state index in [1.54, 1.807) is 6.08 Å². The molecule has 0 aromatic heterocycles. The summed E-state index contributed by atoms with van der Waals surface area (Å²) in [7, 11) is 0. The molecule has 2 aromatic rings. The third kappa shape index (κ3) is 4.84. The molecule has 1 aliphatic heterocycles. The topological polar surface area (TPSA) is 84.6 Å². The average Bonchev–Trinajstić information content (AvgIpc) is 3.23. The van der Waals surface area contributed by atoms with Crippen molar-refractivity contribution in [1.29, 1.82) is 5.26 Å². The molecule has 2 atom stereocenters. The first kappa shape index (κ1) is 21.0. The molecule has 2 unspecified atom stereocenters. The number of anilines is 1. The highest BCUT2D eigenvalue weighted by Crippen LogP contribution is 2.34. The number of benzene rings is 2. The number of hydrogen-bond donors (Lipinski definition) is 2. The van der Waals surface area contributed by atoms with Gasteiger partial charge in [-0.05, 0) is 54.8 Å². The summed E-state index contributed by atoms with van der Waals surface area (Å²) in [6, 6.07) is 14.8. The molecule has 0 radical (unpaired) electrons. The summed E-state index contributed by atoms with van der Waals surface area (Å²) in [5.41, 5.74) is 2.09. The molecule has 29 heavy (non-hydrogen) atoms. The van der Waals surface area contributed by atoms with Crippen molar-refractivity contribution in [2.45, 2.75) is 51.2 Å². The van der Waals surface area contributed by atoms with Crippen LogP contribution in [-0.4, -0.2) is 41.3 Å². The van der Waals surface area contributed by atoms with Crippen LogP contribution in [0, 0.1) is 11.3 Å². The number of rotatable bonds is 8. The van der Waals surface area contributed by atoms with Crippen LogP contribution in [0.2, 0.25) is 0 Å². The summed E-state index contributed by atoms with van der Waals surface area (Å²) in [4.78, 5) is 14.8. The molecule has 2 aromatic carbocycles. The molecule has 1 heterocycles. The van der Waals surface area contributed by atoms with Gasteiger partial charge in [-0.3, -0.25) is 4.79 Å². The van der Waals surface area contributed by atoms with Crippen LogP contribution >= 0.6 is 0 Å². The van der Waals surface area contributed by atoms with Gasteiger partial charge in [0.1, 0.15) is 6.07 Å². The van der Waals surface area contributed by atoms with Crippen LogP contribution in [0.3, 0.4) is 0 Å². The fourth-order valence-corrected chi connectivity index (χ4v) is 4.06. The van der Waals surface area contributed by atoms with Gasteiger partial charge in [-0.2, -0.15) is 5.26 Å². The second-order valence-electron chi connectivity index (χ2n) is 7.62. The average molecular weight is 392 g/mol. The lowest BCUT2D eigenvalue weighted by atomic mass is 10.00. The van der Waals surface area contributed by atoms with E-state index < -0.39 is 6.10 Å². The third-order valence-corrected chi connectivity index (χ3v) is 5.69. The van der Waals surface area contributed by atoms with Gasteiger partial charge in [-0.25, -0.2) is 0 Å². The molecule has 3 rings (SSSR count). The Morgan fingerprint density at radius 2 is 2.21 bits per heavy atom. The molecule has 1 saturated heterocycles. The number of nitrogens with zero attached hydrogens (tertiary/aromatic N) is 2. The van der Waals surface area contributed by atoms with Gasteiger partial charge in [0.15, 0.2) is 5.78 Å². The normalized spacial score (nSPS) is 18.1. The molecule has 0 aliphatic carbocycles. The molecular formula is C24H28N2O3. The van der Waals surface area contributed by atoms with Gasteiger partial charge in [0, 0.05) is 30.1 Å². The van der Waals surface area contributed by atoms with E-state index in [0.29, 0.717) is 6.04 Å². The fourth-order valence-electron chi connectivity index (χ4n) is 4.06. The SMILES string of the molecule is CCC1CCCN1c1cccc2ccc(/C=C(\C#N)C(=O)CCC(O)CO)cc12. The minimum atomic E-state index is -0.936. The number of ketones is 1. The second-order valence-corrected chi connectivity index (χ2v) is 7.62. The van der Waals surface area contributed by atoms with Gasteiger partial charge in [-0.1, -0.05) is 31.2 Å². The van der Waals surface area contributed by atoms with Crippen molar-refractivity contribution >= 4 is 28.3 Å². The lowest BCUT2D eigenvalue weighted by Crippen LogP contribution is -2.28. The van der Waals surface area contributed by atoms with Crippen LogP contribution in [0.5, 0.6) is 0 Å². The summed E-state index contributed by atoms with van der Waals surface area (Å²) < 4.78 is 0. The monoisotopic (exact) mass is 392 g/mol. The number of fused-ring (bicyclic) bond motifs is 1. The summed E-state index contributed by atoms with van der Waals surface area (Å²) in [5.74, 6) is -0.320. The van der Waals surface area contributed by atoms with Crippen LogP contribution < -0.4 is 4.90 Å². The number of allylic oxidation sites excluding steroid dienone is 1. The minimum absolute atomic E-state index is 0.0336. The Balaban J connectivity index is 1.92.